The van der Waals surface area contributed by atoms with E-state index in [0.29, 0.717) is 0 Å². The Morgan fingerprint density at radius 2 is 1.27 bits per heavy atom. The molecule has 7 aromatic heterocycles. The molecule has 0 spiro atoms. The summed E-state index contributed by atoms with van der Waals surface area (Å²) in [5, 5.41) is 9.53. The molecule has 1 aliphatic rings. The highest BCUT2D eigenvalue weighted by Crippen LogP contribution is 2.46. The zero-order valence-corrected chi connectivity index (χ0v) is 23.8. The van der Waals surface area contributed by atoms with Crippen molar-refractivity contribution in [1.29, 1.82) is 0 Å². The number of rotatable bonds is 5. The van der Waals surface area contributed by atoms with Crippen LogP contribution in [-0.4, -0.2) is 10.8 Å². The van der Waals surface area contributed by atoms with Crippen LogP contribution in [0.15, 0.2) is 92.2 Å². The highest BCUT2D eigenvalue weighted by molar-refractivity contribution is 7.26. The van der Waals surface area contributed by atoms with E-state index in [0.717, 1.165) is 28.1 Å². The average molecular weight is 586 g/mol. The lowest BCUT2D eigenvalue weighted by atomic mass is 10.2. The van der Waals surface area contributed by atoms with Crippen LogP contribution in [0.5, 0.6) is 0 Å². The standard InChI is InChI=1S/C28H15N3S6/c1-5-17(32-9-1)21-13-15-25(36-21)23(19-7-3-11-34-19)27(29-15)31-28-24(20-8-4-12-35-20)26-16(30-28)14-22(37-26)18-6-2-10-33-18/h1-14,29H. The van der Waals surface area contributed by atoms with E-state index in [-0.39, 0.29) is 0 Å². The number of thiophene rings is 6. The van der Waals surface area contributed by atoms with Crippen molar-refractivity contribution < 1.29 is 0 Å². The summed E-state index contributed by atoms with van der Waals surface area (Å²) < 4.78 is 2.45. The molecule has 0 fully saturated rings. The van der Waals surface area contributed by atoms with Gasteiger partial charge in [0.2, 0.25) is 0 Å². The predicted molar refractivity (Wildman–Crippen MR) is 165 cm³/mol. The second-order valence-corrected chi connectivity index (χ2v) is 14.3. The first-order valence-corrected chi connectivity index (χ1v) is 16.6. The number of fused-ring (bicyclic) bond motifs is 2. The van der Waals surface area contributed by atoms with E-state index in [2.05, 4.69) is 87.2 Å². The van der Waals surface area contributed by atoms with Gasteiger partial charge in [-0.05, 0) is 57.9 Å². The summed E-state index contributed by atoms with van der Waals surface area (Å²) in [6.45, 7) is 0. The Kier molecular flexibility index (Phi) is 5.28. The number of amidine groups is 1. The van der Waals surface area contributed by atoms with Crippen molar-refractivity contribution in [2.45, 2.75) is 0 Å². The molecule has 9 heteroatoms. The summed E-state index contributed by atoms with van der Waals surface area (Å²) in [6, 6.07) is 21.6. The molecule has 0 saturated carbocycles. The Balaban J connectivity index is 1.33. The number of nitrogens with one attached hydrogen (secondary N) is 1. The summed E-state index contributed by atoms with van der Waals surface area (Å²) in [7, 11) is 0. The van der Waals surface area contributed by atoms with Gasteiger partial charge in [0.15, 0.2) is 5.84 Å². The van der Waals surface area contributed by atoms with Gasteiger partial charge >= 0.3 is 0 Å². The lowest BCUT2D eigenvalue weighted by Gasteiger charge is -2.03. The van der Waals surface area contributed by atoms with Gasteiger partial charge < -0.3 is 4.98 Å². The molecule has 8 heterocycles. The Bertz CT molecular complexity index is 2010. The van der Waals surface area contributed by atoms with Crippen LogP contribution in [0.2, 0.25) is 0 Å². The fraction of sp³-hybridized carbons (Fsp3) is 0. The van der Waals surface area contributed by atoms with Crippen molar-refractivity contribution >= 4 is 95.5 Å². The molecular formula is C28H15N3S6. The van der Waals surface area contributed by atoms with Gasteiger partial charge in [-0.15, -0.1) is 68.0 Å². The molecule has 0 unspecified atom stereocenters. The second-order valence-electron chi connectivity index (χ2n) is 8.36. The number of H-pyrrole nitrogens is 1. The average Bonchev–Trinajstić information content (AvgIpc) is 3.74. The molecule has 0 radical (unpaired) electrons. The van der Waals surface area contributed by atoms with Gasteiger partial charge in [-0.2, -0.15) is 0 Å². The number of nitrogens with zero attached hydrogens (tertiary/aromatic N) is 2. The van der Waals surface area contributed by atoms with Crippen molar-refractivity contribution in [3.8, 4) is 29.9 Å². The number of hydrogen-bond donors (Lipinski definition) is 1. The SMILES string of the molecule is c1csc(C2=c3sc(-c4cccs4)cc3=NC2=Nc2[nH]c3cc(-c4cccs4)sc3c2-c2cccs2)c1. The Labute approximate surface area is 235 Å². The molecular weight excluding hydrogens is 571 g/mol. The van der Waals surface area contributed by atoms with E-state index >= 15 is 0 Å². The molecule has 8 rings (SSSR count). The number of aromatic amines is 1. The lowest BCUT2D eigenvalue weighted by molar-refractivity contribution is 1.35. The van der Waals surface area contributed by atoms with Gasteiger partial charge in [0.05, 0.1) is 31.2 Å². The van der Waals surface area contributed by atoms with E-state index < -0.39 is 0 Å². The molecule has 0 amide bonds. The Hall–Kier alpha value is -2.92. The van der Waals surface area contributed by atoms with Crippen LogP contribution in [0.4, 0.5) is 5.82 Å². The van der Waals surface area contributed by atoms with E-state index in [4.69, 9.17) is 9.98 Å². The van der Waals surface area contributed by atoms with Crippen LogP contribution in [0.25, 0.3) is 45.7 Å². The first-order valence-electron chi connectivity index (χ1n) is 11.4. The van der Waals surface area contributed by atoms with Crippen molar-refractivity contribution in [1.82, 2.24) is 4.98 Å². The van der Waals surface area contributed by atoms with Gasteiger partial charge in [0.1, 0.15) is 5.82 Å². The summed E-state index contributed by atoms with van der Waals surface area (Å²) in [5.74, 6) is 1.66. The van der Waals surface area contributed by atoms with Crippen LogP contribution in [0.1, 0.15) is 4.88 Å². The van der Waals surface area contributed by atoms with Crippen LogP contribution in [-0.2, 0) is 0 Å². The first-order chi connectivity index (χ1) is 18.3. The van der Waals surface area contributed by atoms with Crippen molar-refractivity contribution in [2.24, 2.45) is 9.98 Å². The smallest absolute Gasteiger partial charge is 0.165 e. The van der Waals surface area contributed by atoms with Gasteiger partial charge in [-0.25, -0.2) is 9.98 Å². The fourth-order valence-electron chi connectivity index (χ4n) is 4.53. The van der Waals surface area contributed by atoms with E-state index in [1.165, 1.54) is 44.1 Å². The summed E-state index contributed by atoms with van der Waals surface area (Å²) in [5.41, 5.74) is 3.43. The monoisotopic (exact) mass is 585 g/mol. The zero-order chi connectivity index (χ0) is 24.3. The quantitative estimate of drug-likeness (QED) is 0.209. The minimum Gasteiger partial charge on any atom is -0.338 e. The molecule has 3 nitrogen and oxygen atoms in total. The maximum absolute atomic E-state index is 5.22. The summed E-state index contributed by atoms with van der Waals surface area (Å²) in [6.07, 6.45) is 0. The summed E-state index contributed by atoms with van der Waals surface area (Å²) >= 11 is 10.7. The third-order valence-corrected chi connectivity index (χ3v) is 12.3. The maximum Gasteiger partial charge on any atom is 0.165 e. The zero-order valence-electron chi connectivity index (χ0n) is 18.9. The topological polar surface area (TPSA) is 40.5 Å². The van der Waals surface area contributed by atoms with Gasteiger partial charge in [-0.1, -0.05) is 24.3 Å². The van der Waals surface area contributed by atoms with Crippen molar-refractivity contribution in [3.63, 3.8) is 0 Å². The number of hydrogen-bond acceptors (Lipinski definition) is 7. The molecule has 0 atom stereocenters. The van der Waals surface area contributed by atoms with Crippen LogP contribution < -0.4 is 9.89 Å². The molecule has 178 valence electrons. The third kappa shape index (κ3) is 3.69. The van der Waals surface area contributed by atoms with Crippen LogP contribution in [0.3, 0.4) is 0 Å². The second kappa shape index (κ2) is 8.83. The van der Waals surface area contributed by atoms with E-state index in [1.54, 1.807) is 45.3 Å². The first kappa shape index (κ1) is 22.1. The third-order valence-electron chi connectivity index (χ3n) is 6.12. The molecule has 7 aromatic rings. The molecule has 1 aliphatic heterocycles. The van der Waals surface area contributed by atoms with E-state index in [9.17, 15) is 0 Å². The minimum atomic E-state index is 0.784. The van der Waals surface area contributed by atoms with Crippen LogP contribution >= 0.6 is 68.0 Å². The molecule has 0 aromatic carbocycles. The Morgan fingerprint density at radius 1 is 0.649 bits per heavy atom. The highest BCUT2D eigenvalue weighted by Gasteiger charge is 2.24. The van der Waals surface area contributed by atoms with Gasteiger partial charge in [0, 0.05) is 29.3 Å². The lowest BCUT2D eigenvalue weighted by Crippen LogP contribution is -2.15. The van der Waals surface area contributed by atoms with Crippen molar-refractivity contribution in [3.05, 3.63) is 97.0 Å². The van der Waals surface area contributed by atoms with Crippen molar-refractivity contribution in [2.75, 3.05) is 0 Å². The Morgan fingerprint density at radius 3 is 1.92 bits per heavy atom. The number of aliphatic imine (C=N–C) groups is 1. The maximum atomic E-state index is 5.22. The highest BCUT2D eigenvalue weighted by atomic mass is 32.1. The molecule has 37 heavy (non-hydrogen) atoms. The predicted octanol–water partition coefficient (Wildman–Crippen LogP) is 9.10. The molecule has 0 saturated heterocycles. The van der Waals surface area contributed by atoms with Crippen LogP contribution in [0, 0.1) is 0 Å². The number of aromatic nitrogens is 1. The van der Waals surface area contributed by atoms with Gasteiger partial charge in [0.25, 0.3) is 0 Å². The fourth-order valence-corrected chi connectivity index (χ4v) is 10.2. The molecule has 1 N–H and O–H groups in total. The summed E-state index contributed by atoms with van der Waals surface area (Å²) in [4.78, 5) is 21.5. The largest absolute Gasteiger partial charge is 0.338 e. The molecule has 0 bridgehead atoms. The van der Waals surface area contributed by atoms with E-state index in [1.807, 2.05) is 22.7 Å². The molecule has 0 aliphatic carbocycles. The normalized spacial score (nSPS) is 14.2. The van der Waals surface area contributed by atoms with Gasteiger partial charge in [-0.3, -0.25) is 0 Å². The minimum absolute atomic E-state index is 0.784.